The molecule has 0 radical (unpaired) electrons. The molecule has 130 valence electrons. The summed E-state index contributed by atoms with van der Waals surface area (Å²) < 4.78 is 10.7. The number of carbonyl (C=O) groups excluding carboxylic acids is 1. The molecule has 8 nitrogen and oxygen atoms in total. The van der Waals surface area contributed by atoms with Gasteiger partial charge in [-0.15, -0.1) is 10.2 Å². The van der Waals surface area contributed by atoms with E-state index in [9.17, 15) is 9.90 Å². The van der Waals surface area contributed by atoms with E-state index in [1.807, 2.05) is 6.92 Å². The number of hydrogen-bond acceptors (Lipinski definition) is 7. The van der Waals surface area contributed by atoms with Crippen LogP contribution in [0.5, 0.6) is 0 Å². The van der Waals surface area contributed by atoms with E-state index in [1.54, 1.807) is 45.3 Å². The van der Waals surface area contributed by atoms with Crippen molar-refractivity contribution in [3.8, 4) is 11.5 Å². The summed E-state index contributed by atoms with van der Waals surface area (Å²) in [5, 5.41) is 21.0. The van der Waals surface area contributed by atoms with Crippen molar-refractivity contribution in [3.05, 3.63) is 30.4 Å². The van der Waals surface area contributed by atoms with Gasteiger partial charge in [0, 0.05) is 24.4 Å². The Morgan fingerprint density at radius 1 is 1.29 bits per heavy atom. The van der Waals surface area contributed by atoms with Crippen LogP contribution in [0.4, 0.5) is 4.79 Å². The largest absolute Gasteiger partial charge is 0.444 e. The number of ether oxygens (including phenoxy) is 1. The molecule has 0 unspecified atom stereocenters. The van der Waals surface area contributed by atoms with Crippen molar-refractivity contribution in [2.45, 2.75) is 51.9 Å². The molecule has 8 heteroatoms. The Balaban J connectivity index is 2.23. The highest BCUT2D eigenvalue weighted by molar-refractivity contribution is 5.68. The number of nitrogens with one attached hydrogen (secondary N) is 1. The van der Waals surface area contributed by atoms with E-state index in [0.29, 0.717) is 12.0 Å². The van der Waals surface area contributed by atoms with E-state index >= 15 is 0 Å². The van der Waals surface area contributed by atoms with Crippen LogP contribution >= 0.6 is 0 Å². The molecule has 2 N–H and O–H groups in total. The van der Waals surface area contributed by atoms with Crippen LogP contribution in [0.1, 0.15) is 46.4 Å². The van der Waals surface area contributed by atoms with E-state index in [0.717, 1.165) is 0 Å². The number of carbonyl (C=O) groups is 1. The highest BCUT2D eigenvalue weighted by Crippen LogP contribution is 2.26. The van der Waals surface area contributed by atoms with Crippen LogP contribution in [0.2, 0.25) is 0 Å². The molecule has 2 aromatic rings. The summed E-state index contributed by atoms with van der Waals surface area (Å²) in [5.41, 5.74) is -1.82. The van der Waals surface area contributed by atoms with Gasteiger partial charge in [-0.1, -0.05) is 13.3 Å². The van der Waals surface area contributed by atoms with Gasteiger partial charge in [-0.2, -0.15) is 0 Å². The maximum absolute atomic E-state index is 12.0. The van der Waals surface area contributed by atoms with Gasteiger partial charge in [-0.3, -0.25) is 10.3 Å². The van der Waals surface area contributed by atoms with Gasteiger partial charge in [0.05, 0.1) is 0 Å². The standard InChI is InChI=1S/C16H22N4O4/c1-5-8-16(22,18-14(21)24-15(2,3)4)13-20-19-12(23-13)11-6-9-17-10-7-11/h6-7,9-10,22H,5,8H2,1-4H3,(H,18,21)/t16-/m0/s1. The summed E-state index contributed by atoms with van der Waals surface area (Å²) in [6, 6.07) is 3.41. The second-order valence-corrected chi connectivity index (χ2v) is 6.39. The fourth-order valence-corrected chi connectivity index (χ4v) is 2.06. The van der Waals surface area contributed by atoms with Crippen molar-refractivity contribution in [1.29, 1.82) is 0 Å². The molecule has 2 aromatic heterocycles. The molecule has 0 saturated heterocycles. The first-order valence-electron chi connectivity index (χ1n) is 7.71. The number of amides is 1. The van der Waals surface area contributed by atoms with Gasteiger partial charge in [0.1, 0.15) is 5.60 Å². The van der Waals surface area contributed by atoms with Crippen LogP contribution in [-0.4, -0.2) is 32.0 Å². The first kappa shape index (κ1) is 17.9. The highest BCUT2D eigenvalue weighted by Gasteiger charge is 2.38. The van der Waals surface area contributed by atoms with Crippen LogP contribution in [0.25, 0.3) is 11.5 Å². The maximum atomic E-state index is 12.0. The van der Waals surface area contributed by atoms with E-state index < -0.39 is 17.4 Å². The fourth-order valence-electron chi connectivity index (χ4n) is 2.06. The van der Waals surface area contributed by atoms with Crippen LogP contribution in [0.15, 0.2) is 28.9 Å². The summed E-state index contributed by atoms with van der Waals surface area (Å²) in [5.74, 6) is 0.134. The molecule has 0 bridgehead atoms. The number of rotatable bonds is 5. The summed E-state index contributed by atoms with van der Waals surface area (Å²) in [6.07, 6.45) is 3.21. The predicted octanol–water partition coefficient (Wildman–Crippen LogP) is 2.60. The normalized spacial score (nSPS) is 14.0. The summed E-state index contributed by atoms with van der Waals surface area (Å²) in [4.78, 5) is 15.9. The van der Waals surface area contributed by atoms with Gasteiger partial charge in [0.2, 0.25) is 11.6 Å². The van der Waals surface area contributed by atoms with Crippen molar-refractivity contribution in [2.75, 3.05) is 0 Å². The van der Waals surface area contributed by atoms with Crippen molar-refractivity contribution in [2.24, 2.45) is 0 Å². The third-order valence-electron chi connectivity index (χ3n) is 3.03. The fraction of sp³-hybridized carbons (Fsp3) is 0.500. The lowest BCUT2D eigenvalue weighted by Gasteiger charge is -2.27. The molecule has 1 amide bonds. The predicted molar refractivity (Wildman–Crippen MR) is 85.7 cm³/mol. The second-order valence-electron chi connectivity index (χ2n) is 6.39. The first-order valence-corrected chi connectivity index (χ1v) is 7.71. The SMILES string of the molecule is CCC[C@@](O)(NC(=O)OC(C)(C)C)c1nnc(-c2ccncc2)o1. The summed E-state index contributed by atoms with van der Waals surface area (Å²) in [6.45, 7) is 7.07. The van der Waals surface area contributed by atoms with Gasteiger partial charge in [0.15, 0.2) is 0 Å². The number of pyridine rings is 1. The summed E-state index contributed by atoms with van der Waals surface area (Å²) >= 11 is 0. The van der Waals surface area contributed by atoms with Crippen LogP contribution in [0.3, 0.4) is 0 Å². The molecule has 2 rings (SSSR count). The molecule has 0 saturated carbocycles. The lowest BCUT2D eigenvalue weighted by Crippen LogP contribution is -2.48. The first-order chi connectivity index (χ1) is 11.2. The molecule has 0 aliphatic rings. The van der Waals surface area contributed by atoms with Gasteiger partial charge in [-0.05, 0) is 32.9 Å². The molecule has 0 aliphatic heterocycles. The van der Waals surface area contributed by atoms with E-state index in [4.69, 9.17) is 9.15 Å². The average Bonchev–Trinajstić information content (AvgIpc) is 2.96. The number of nitrogens with zero attached hydrogens (tertiary/aromatic N) is 3. The molecule has 1 atom stereocenters. The zero-order valence-corrected chi connectivity index (χ0v) is 14.2. The Labute approximate surface area is 140 Å². The third-order valence-corrected chi connectivity index (χ3v) is 3.03. The molecular formula is C16H22N4O4. The molecule has 0 aromatic carbocycles. The van der Waals surface area contributed by atoms with E-state index in [-0.39, 0.29) is 18.2 Å². The molecule has 0 fully saturated rings. The van der Waals surface area contributed by atoms with Gasteiger partial charge < -0.3 is 14.3 Å². The van der Waals surface area contributed by atoms with Crippen LogP contribution in [-0.2, 0) is 10.5 Å². The van der Waals surface area contributed by atoms with Crippen molar-refractivity contribution < 1.29 is 19.1 Å². The molecule has 2 heterocycles. The smallest absolute Gasteiger partial charge is 0.410 e. The van der Waals surface area contributed by atoms with Crippen molar-refractivity contribution in [3.63, 3.8) is 0 Å². The lowest BCUT2D eigenvalue weighted by molar-refractivity contribution is -0.0416. The Bertz CT molecular complexity index is 681. The molecule has 24 heavy (non-hydrogen) atoms. The zero-order chi connectivity index (χ0) is 17.8. The second kappa shape index (κ2) is 6.96. The Kier molecular flexibility index (Phi) is 5.18. The Hall–Kier alpha value is -2.48. The highest BCUT2D eigenvalue weighted by atomic mass is 16.6. The molecular weight excluding hydrogens is 312 g/mol. The van der Waals surface area contributed by atoms with Crippen LogP contribution < -0.4 is 5.32 Å². The Morgan fingerprint density at radius 3 is 2.54 bits per heavy atom. The van der Waals surface area contributed by atoms with E-state index in [2.05, 4.69) is 20.5 Å². The third kappa shape index (κ3) is 4.51. The minimum Gasteiger partial charge on any atom is -0.444 e. The molecule has 0 aliphatic carbocycles. The van der Waals surface area contributed by atoms with Crippen LogP contribution in [0, 0.1) is 0 Å². The maximum Gasteiger partial charge on any atom is 0.410 e. The zero-order valence-electron chi connectivity index (χ0n) is 14.2. The topological polar surface area (TPSA) is 110 Å². The van der Waals surface area contributed by atoms with Gasteiger partial charge in [0.25, 0.3) is 5.89 Å². The van der Waals surface area contributed by atoms with Crippen molar-refractivity contribution in [1.82, 2.24) is 20.5 Å². The van der Waals surface area contributed by atoms with Gasteiger partial charge >= 0.3 is 6.09 Å². The quantitative estimate of drug-likeness (QED) is 0.808. The van der Waals surface area contributed by atoms with Crippen molar-refractivity contribution >= 4 is 6.09 Å². The minimum absolute atomic E-state index is 0.0954. The van der Waals surface area contributed by atoms with Gasteiger partial charge in [-0.25, -0.2) is 4.79 Å². The average molecular weight is 334 g/mol. The number of alkyl carbamates (subject to hydrolysis) is 1. The lowest BCUT2D eigenvalue weighted by atomic mass is 10.1. The molecule has 0 spiro atoms. The number of hydrogen-bond donors (Lipinski definition) is 2. The monoisotopic (exact) mass is 334 g/mol. The minimum atomic E-state index is -1.80. The Morgan fingerprint density at radius 2 is 1.96 bits per heavy atom. The number of aliphatic hydroxyl groups is 1. The number of aromatic nitrogens is 3. The summed E-state index contributed by atoms with van der Waals surface area (Å²) in [7, 11) is 0. The van der Waals surface area contributed by atoms with E-state index in [1.165, 1.54) is 0 Å².